The van der Waals surface area contributed by atoms with E-state index in [1.165, 1.54) is 11.1 Å². The first-order chi connectivity index (χ1) is 10.6. The van der Waals surface area contributed by atoms with Gasteiger partial charge in [0.2, 0.25) is 0 Å². The number of aromatic nitrogens is 1. The molecule has 2 heterocycles. The lowest BCUT2D eigenvalue weighted by Gasteiger charge is -2.18. The number of nitrogens with zero attached hydrogens (tertiary/aromatic N) is 1. The molecule has 4 heteroatoms. The van der Waals surface area contributed by atoms with Crippen LogP contribution in [0.3, 0.4) is 0 Å². The highest BCUT2D eigenvalue weighted by Gasteiger charge is 2.18. The Morgan fingerprint density at radius 1 is 1.27 bits per heavy atom. The zero-order valence-electron chi connectivity index (χ0n) is 13.1. The lowest BCUT2D eigenvalue weighted by molar-refractivity contribution is 0.0736. The van der Waals surface area contributed by atoms with Crippen LogP contribution in [0.15, 0.2) is 41.0 Å². The van der Waals surface area contributed by atoms with Crippen molar-refractivity contribution in [2.45, 2.75) is 27.3 Å². The van der Waals surface area contributed by atoms with Crippen LogP contribution < -0.4 is 0 Å². The van der Waals surface area contributed by atoms with Gasteiger partial charge in [0.05, 0.1) is 12.8 Å². The van der Waals surface area contributed by atoms with Gasteiger partial charge in [0.25, 0.3) is 5.91 Å². The molecule has 0 atom stereocenters. The third-order valence-corrected chi connectivity index (χ3v) is 3.92. The zero-order chi connectivity index (χ0) is 15.7. The van der Waals surface area contributed by atoms with Crippen molar-refractivity contribution in [1.29, 1.82) is 0 Å². The monoisotopic (exact) mass is 296 g/mol. The lowest BCUT2D eigenvalue weighted by Crippen LogP contribution is -2.30. The summed E-state index contributed by atoms with van der Waals surface area (Å²) in [5.41, 5.74) is 4.00. The SMILES string of the molecule is CCN(Cc1ccco1)C(=O)c1cc2c(C)cc(C)cc2[nH]1. The fourth-order valence-electron chi connectivity index (χ4n) is 2.80. The van der Waals surface area contributed by atoms with Gasteiger partial charge in [0.15, 0.2) is 0 Å². The molecule has 0 aliphatic carbocycles. The summed E-state index contributed by atoms with van der Waals surface area (Å²) < 4.78 is 5.34. The molecule has 0 saturated heterocycles. The van der Waals surface area contributed by atoms with E-state index in [4.69, 9.17) is 4.42 Å². The molecule has 0 fully saturated rings. The average molecular weight is 296 g/mol. The van der Waals surface area contributed by atoms with Gasteiger partial charge >= 0.3 is 0 Å². The van der Waals surface area contributed by atoms with Crippen molar-refractivity contribution < 1.29 is 9.21 Å². The molecule has 0 spiro atoms. The summed E-state index contributed by atoms with van der Waals surface area (Å²) in [6.07, 6.45) is 1.63. The van der Waals surface area contributed by atoms with Crippen LogP contribution in [0.4, 0.5) is 0 Å². The standard InChI is InChI=1S/C18H20N2O2/c1-4-20(11-14-6-5-7-22-14)18(21)17-10-15-13(3)8-12(2)9-16(15)19-17/h5-10,19H,4,11H2,1-3H3. The summed E-state index contributed by atoms with van der Waals surface area (Å²) in [5, 5.41) is 1.10. The van der Waals surface area contributed by atoms with Gasteiger partial charge in [-0.3, -0.25) is 4.79 Å². The van der Waals surface area contributed by atoms with Crippen LogP contribution in [0.5, 0.6) is 0 Å². The first-order valence-electron chi connectivity index (χ1n) is 7.50. The smallest absolute Gasteiger partial charge is 0.270 e. The molecule has 0 unspecified atom stereocenters. The molecule has 3 aromatic rings. The molecule has 1 N–H and O–H groups in total. The van der Waals surface area contributed by atoms with Crippen molar-refractivity contribution in [1.82, 2.24) is 9.88 Å². The van der Waals surface area contributed by atoms with Gasteiger partial charge in [-0.15, -0.1) is 0 Å². The van der Waals surface area contributed by atoms with Crippen molar-refractivity contribution in [3.63, 3.8) is 0 Å². The van der Waals surface area contributed by atoms with Gasteiger partial charge in [-0.2, -0.15) is 0 Å². The minimum Gasteiger partial charge on any atom is -0.467 e. The number of fused-ring (bicyclic) bond motifs is 1. The minimum atomic E-state index is -0.00727. The van der Waals surface area contributed by atoms with E-state index in [-0.39, 0.29) is 5.91 Å². The normalized spacial score (nSPS) is 11.0. The second-order valence-electron chi connectivity index (χ2n) is 5.62. The van der Waals surface area contributed by atoms with Crippen LogP contribution in [-0.4, -0.2) is 22.3 Å². The third-order valence-electron chi connectivity index (χ3n) is 3.92. The molecule has 4 nitrogen and oxygen atoms in total. The van der Waals surface area contributed by atoms with E-state index in [1.807, 2.05) is 25.1 Å². The quantitative estimate of drug-likeness (QED) is 0.790. The maximum Gasteiger partial charge on any atom is 0.270 e. The molecule has 0 radical (unpaired) electrons. The Balaban J connectivity index is 1.91. The number of H-pyrrole nitrogens is 1. The summed E-state index contributed by atoms with van der Waals surface area (Å²) in [7, 11) is 0. The highest BCUT2D eigenvalue weighted by Crippen LogP contribution is 2.22. The Kier molecular flexibility index (Phi) is 3.75. The van der Waals surface area contributed by atoms with Gasteiger partial charge in [-0.25, -0.2) is 0 Å². The predicted molar refractivity (Wildman–Crippen MR) is 86.9 cm³/mol. The largest absolute Gasteiger partial charge is 0.467 e. The van der Waals surface area contributed by atoms with E-state index >= 15 is 0 Å². The van der Waals surface area contributed by atoms with Crippen LogP contribution in [-0.2, 0) is 6.54 Å². The van der Waals surface area contributed by atoms with E-state index in [0.717, 1.165) is 16.7 Å². The number of aromatic amines is 1. The second-order valence-corrected chi connectivity index (χ2v) is 5.62. The van der Waals surface area contributed by atoms with Gasteiger partial charge in [0, 0.05) is 17.4 Å². The Morgan fingerprint density at radius 2 is 2.09 bits per heavy atom. The highest BCUT2D eigenvalue weighted by molar-refractivity contribution is 5.99. The van der Waals surface area contributed by atoms with Crippen LogP contribution in [0, 0.1) is 13.8 Å². The van der Waals surface area contributed by atoms with E-state index in [9.17, 15) is 4.79 Å². The van der Waals surface area contributed by atoms with Crippen molar-refractivity contribution in [2.24, 2.45) is 0 Å². The summed E-state index contributed by atoms with van der Waals surface area (Å²) in [6.45, 7) is 7.21. The second kappa shape index (κ2) is 5.72. The number of hydrogen-bond donors (Lipinski definition) is 1. The molecular formula is C18H20N2O2. The van der Waals surface area contributed by atoms with E-state index in [2.05, 4.69) is 31.0 Å². The first kappa shape index (κ1) is 14.4. The summed E-state index contributed by atoms with van der Waals surface area (Å²) in [6, 6.07) is 9.86. The number of aryl methyl sites for hydroxylation is 2. The van der Waals surface area contributed by atoms with Gasteiger partial charge in [0.1, 0.15) is 11.5 Å². The Morgan fingerprint density at radius 3 is 2.77 bits per heavy atom. The fraction of sp³-hybridized carbons (Fsp3) is 0.278. The number of carbonyl (C=O) groups is 1. The maximum absolute atomic E-state index is 12.7. The molecule has 1 amide bonds. The maximum atomic E-state index is 12.7. The molecular weight excluding hydrogens is 276 g/mol. The summed E-state index contributed by atoms with van der Waals surface area (Å²) in [4.78, 5) is 17.7. The van der Waals surface area contributed by atoms with Gasteiger partial charge in [-0.1, -0.05) is 6.07 Å². The molecule has 0 saturated carbocycles. The summed E-state index contributed by atoms with van der Waals surface area (Å²) >= 11 is 0. The highest BCUT2D eigenvalue weighted by atomic mass is 16.3. The first-order valence-corrected chi connectivity index (χ1v) is 7.50. The van der Waals surface area contributed by atoms with Crippen molar-refractivity contribution in [3.8, 4) is 0 Å². The number of nitrogens with one attached hydrogen (secondary N) is 1. The minimum absolute atomic E-state index is 0.00727. The third kappa shape index (κ3) is 2.64. The van der Waals surface area contributed by atoms with E-state index < -0.39 is 0 Å². The van der Waals surface area contributed by atoms with Crippen LogP contribution in [0.2, 0.25) is 0 Å². The molecule has 0 aliphatic rings. The van der Waals surface area contributed by atoms with Gasteiger partial charge < -0.3 is 14.3 Å². The number of rotatable bonds is 4. The number of amides is 1. The molecule has 1 aromatic carbocycles. The number of hydrogen-bond acceptors (Lipinski definition) is 2. The molecule has 22 heavy (non-hydrogen) atoms. The van der Waals surface area contributed by atoms with Crippen LogP contribution in [0.25, 0.3) is 10.9 Å². The Bertz CT molecular complexity index is 800. The predicted octanol–water partition coefficient (Wildman–Crippen LogP) is 4.04. The van der Waals surface area contributed by atoms with Crippen LogP contribution >= 0.6 is 0 Å². The van der Waals surface area contributed by atoms with Crippen molar-refractivity contribution in [2.75, 3.05) is 6.54 Å². The topological polar surface area (TPSA) is 49.2 Å². The van der Waals surface area contributed by atoms with Crippen molar-refractivity contribution in [3.05, 3.63) is 59.2 Å². The summed E-state index contributed by atoms with van der Waals surface area (Å²) in [5.74, 6) is 0.783. The van der Waals surface area contributed by atoms with Crippen molar-refractivity contribution >= 4 is 16.8 Å². The van der Waals surface area contributed by atoms with Crippen LogP contribution in [0.1, 0.15) is 34.3 Å². The van der Waals surface area contributed by atoms with E-state index in [0.29, 0.717) is 18.8 Å². The molecule has 0 bridgehead atoms. The number of furan rings is 1. The fourth-order valence-corrected chi connectivity index (χ4v) is 2.80. The van der Waals surface area contributed by atoms with E-state index in [1.54, 1.807) is 11.2 Å². The molecule has 3 rings (SSSR count). The Labute approximate surface area is 129 Å². The Hall–Kier alpha value is -2.49. The average Bonchev–Trinajstić information content (AvgIpc) is 3.12. The van der Waals surface area contributed by atoms with Gasteiger partial charge in [-0.05, 0) is 56.2 Å². The number of carbonyl (C=O) groups excluding carboxylic acids is 1. The molecule has 2 aromatic heterocycles. The molecule has 114 valence electrons. The zero-order valence-corrected chi connectivity index (χ0v) is 13.1. The lowest BCUT2D eigenvalue weighted by atomic mass is 10.1. The molecule has 0 aliphatic heterocycles. The number of benzene rings is 1.